The molecule has 1 heterocycles. The Morgan fingerprint density at radius 3 is 2.08 bits per heavy atom. The van der Waals surface area contributed by atoms with Gasteiger partial charge in [0, 0.05) is 0 Å². The second-order valence-corrected chi connectivity index (χ2v) is 11.2. The van der Waals surface area contributed by atoms with Crippen molar-refractivity contribution in [2.24, 2.45) is 0 Å². The molecule has 1 fully saturated rings. The molecule has 1 aliphatic carbocycles. The monoisotopic (exact) mass is 538 g/mol. The number of aryl methyl sites for hydroxylation is 1. The molecule has 1 N–H and O–H groups in total. The number of nitrogens with one attached hydrogen (secondary N) is 1. The number of nitrogens with zero attached hydrogens (tertiary/aromatic N) is 1. The average Bonchev–Trinajstić information content (AvgIpc) is 3.33. The largest absolute Gasteiger partial charge is 0.441 e. The zero-order valence-corrected chi connectivity index (χ0v) is 23.5. The van der Waals surface area contributed by atoms with Crippen molar-refractivity contribution >= 4 is 29.1 Å². The fourth-order valence-electron chi connectivity index (χ4n) is 5.59. The number of ether oxygens (including phenoxy) is 1. The zero-order chi connectivity index (χ0) is 27.4. The minimum atomic E-state index is -0.506. The van der Waals surface area contributed by atoms with E-state index in [9.17, 15) is 9.59 Å². The van der Waals surface area contributed by atoms with E-state index >= 15 is 0 Å². The number of anilines is 1. The van der Waals surface area contributed by atoms with Gasteiger partial charge in [-0.2, -0.15) is 4.37 Å². The van der Waals surface area contributed by atoms with E-state index in [0.29, 0.717) is 5.69 Å². The molecule has 1 saturated carbocycles. The Morgan fingerprint density at radius 2 is 1.46 bits per heavy atom. The molecule has 1 amide bonds. The first kappa shape index (κ1) is 26.8. The summed E-state index contributed by atoms with van der Waals surface area (Å²) in [4.78, 5) is 26.2. The van der Waals surface area contributed by atoms with Crippen LogP contribution in [0.3, 0.4) is 0 Å². The summed E-state index contributed by atoms with van der Waals surface area (Å²) in [5.41, 5.74) is 6.35. The normalized spacial score (nSPS) is 15.4. The number of ketones is 1. The fourth-order valence-corrected chi connectivity index (χ4v) is 6.44. The Hall–Kier alpha value is -3.77. The third-order valence-corrected chi connectivity index (χ3v) is 8.93. The third kappa shape index (κ3) is 5.66. The van der Waals surface area contributed by atoms with Crippen molar-refractivity contribution in [2.45, 2.75) is 64.4 Å². The molecule has 3 aromatic carbocycles. The van der Waals surface area contributed by atoms with E-state index in [1.165, 1.54) is 18.0 Å². The van der Waals surface area contributed by atoms with Gasteiger partial charge in [-0.05, 0) is 73.0 Å². The van der Waals surface area contributed by atoms with Gasteiger partial charge in [-0.15, -0.1) is 0 Å². The minimum Gasteiger partial charge on any atom is -0.441 e. The Labute approximate surface area is 234 Å². The van der Waals surface area contributed by atoms with Crippen molar-refractivity contribution in [1.29, 1.82) is 0 Å². The van der Waals surface area contributed by atoms with Crippen LogP contribution in [-0.2, 0) is 14.9 Å². The zero-order valence-electron chi connectivity index (χ0n) is 22.7. The number of aromatic nitrogens is 1. The van der Waals surface area contributed by atoms with Crippen molar-refractivity contribution in [3.05, 3.63) is 95.7 Å². The number of carbonyl (C=O) groups excluding carboxylic acids is 2. The van der Waals surface area contributed by atoms with Crippen LogP contribution in [0.25, 0.3) is 21.6 Å². The number of Topliss-reactive ketones (excluding diaryl/α,β-unsaturated/α-hetero) is 1. The van der Waals surface area contributed by atoms with Gasteiger partial charge in [0.15, 0.2) is 0 Å². The summed E-state index contributed by atoms with van der Waals surface area (Å²) in [5.74, 6) is 0.280. The van der Waals surface area contributed by atoms with Gasteiger partial charge in [-0.1, -0.05) is 98.1 Å². The van der Waals surface area contributed by atoms with E-state index < -0.39 is 6.09 Å². The summed E-state index contributed by atoms with van der Waals surface area (Å²) >= 11 is 1.36. The third-order valence-electron chi connectivity index (χ3n) is 7.94. The maximum Gasteiger partial charge on any atom is 0.412 e. The van der Waals surface area contributed by atoms with Crippen LogP contribution in [0, 0.1) is 6.92 Å². The van der Waals surface area contributed by atoms with Crippen LogP contribution in [0.2, 0.25) is 0 Å². The Bertz CT molecular complexity index is 1440. The molecule has 0 unspecified atom stereocenters. The maximum absolute atomic E-state index is 12.7. The Kier molecular flexibility index (Phi) is 7.94. The summed E-state index contributed by atoms with van der Waals surface area (Å²) in [6.07, 6.45) is 4.45. The molecule has 1 aliphatic rings. The second-order valence-electron chi connectivity index (χ2n) is 10.4. The standard InChI is InChI=1S/C33H34N2O3S/c1-22-30(34-32(37)38-23(2)25-10-6-4-7-11-25)31(39-35-22)28-14-12-26(13-15-28)27-16-18-29(19-17-27)33(24(3)36)20-8-5-9-21-33/h4,6-7,10-19,23H,5,8-9,20-21H2,1-3H3,(H,34,37)/t23-/m1/s1. The van der Waals surface area contributed by atoms with Gasteiger partial charge < -0.3 is 4.74 Å². The molecule has 1 aromatic heterocycles. The second kappa shape index (κ2) is 11.5. The van der Waals surface area contributed by atoms with Gasteiger partial charge in [-0.3, -0.25) is 10.1 Å². The lowest BCUT2D eigenvalue weighted by Gasteiger charge is -2.35. The van der Waals surface area contributed by atoms with E-state index in [1.54, 1.807) is 6.92 Å². The molecule has 39 heavy (non-hydrogen) atoms. The van der Waals surface area contributed by atoms with Gasteiger partial charge in [0.05, 0.1) is 21.7 Å². The number of rotatable bonds is 7. The number of hydrogen-bond donors (Lipinski definition) is 1. The minimum absolute atomic E-state index is 0.280. The number of amides is 1. The van der Waals surface area contributed by atoms with Crippen LogP contribution >= 0.6 is 11.5 Å². The lowest BCUT2D eigenvalue weighted by molar-refractivity contribution is -0.123. The quantitative estimate of drug-likeness (QED) is 0.255. The first-order chi connectivity index (χ1) is 18.9. The van der Waals surface area contributed by atoms with Crippen molar-refractivity contribution in [3.63, 3.8) is 0 Å². The first-order valence-electron chi connectivity index (χ1n) is 13.6. The van der Waals surface area contributed by atoms with Gasteiger partial charge in [0.1, 0.15) is 11.9 Å². The topological polar surface area (TPSA) is 68.3 Å². The average molecular weight is 539 g/mol. The van der Waals surface area contributed by atoms with Crippen LogP contribution in [0.5, 0.6) is 0 Å². The van der Waals surface area contributed by atoms with Crippen LogP contribution in [0.1, 0.15) is 68.9 Å². The van der Waals surface area contributed by atoms with E-state index in [1.807, 2.05) is 44.2 Å². The summed E-state index contributed by atoms with van der Waals surface area (Å²) in [6.45, 7) is 5.48. The van der Waals surface area contributed by atoms with Crippen LogP contribution in [0.4, 0.5) is 10.5 Å². The molecular weight excluding hydrogens is 504 g/mol. The van der Waals surface area contributed by atoms with Crippen molar-refractivity contribution in [3.8, 4) is 21.6 Å². The molecule has 1 atom stereocenters. The molecule has 0 bridgehead atoms. The molecule has 0 aliphatic heterocycles. The van der Waals surface area contributed by atoms with E-state index in [-0.39, 0.29) is 17.3 Å². The summed E-state index contributed by atoms with van der Waals surface area (Å²) in [7, 11) is 0. The van der Waals surface area contributed by atoms with Crippen molar-refractivity contribution < 1.29 is 14.3 Å². The highest BCUT2D eigenvalue weighted by molar-refractivity contribution is 7.10. The van der Waals surface area contributed by atoms with Gasteiger partial charge >= 0.3 is 6.09 Å². The van der Waals surface area contributed by atoms with E-state index in [4.69, 9.17) is 4.74 Å². The fraction of sp³-hybridized carbons (Fsp3) is 0.303. The molecule has 200 valence electrons. The molecule has 4 aromatic rings. The lowest BCUT2D eigenvalue weighted by atomic mass is 9.67. The van der Waals surface area contributed by atoms with Crippen molar-refractivity contribution in [2.75, 3.05) is 5.32 Å². The Morgan fingerprint density at radius 1 is 0.872 bits per heavy atom. The number of carbonyl (C=O) groups is 2. The van der Waals surface area contributed by atoms with Gasteiger partial charge in [-0.25, -0.2) is 4.79 Å². The maximum atomic E-state index is 12.7. The number of benzene rings is 3. The van der Waals surface area contributed by atoms with E-state index in [2.05, 4.69) is 58.2 Å². The summed E-state index contributed by atoms with van der Waals surface area (Å²) < 4.78 is 10.1. The highest BCUT2D eigenvalue weighted by Crippen LogP contribution is 2.41. The molecule has 0 saturated heterocycles. The lowest BCUT2D eigenvalue weighted by Crippen LogP contribution is -2.36. The summed E-state index contributed by atoms with van der Waals surface area (Å²) in [5, 5.41) is 2.91. The van der Waals surface area contributed by atoms with Crippen LogP contribution in [-0.4, -0.2) is 16.3 Å². The predicted octanol–water partition coefficient (Wildman–Crippen LogP) is 8.89. The molecule has 6 heteroatoms. The molecule has 5 nitrogen and oxygen atoms in total. The van der Waals surface area contributed by atoms with Gasteiger partial charge in [0.25, 0.3) is 0 Å². The number of hydrogen-bond acceptors (Lipinski definition) is 5. The molecule has 5 rings (SSSR count). The van der Waals surface area contributed by atoms with Crippen LogP contribution < -0.4 is 5.32 Å². The SMILES string of the molecule is CC(=O)C1(c2ccc(-c3ccc(-c4snc(C)c4NC(=O)O[C@H](C)c4ccccc4)cc3)cc2)CCCCC1. The first-order valence-corrected chi connectivity index (χ1v) is 14.4. The molecular formula is C33H34N2O3S. The summed E-state index contributed by atoms with van der Waals surface area (Å²) in [6, 6.07) is 26.4. The highest BCUT2D eigenvalue weighted by Gasteiger charge is 2.38. The smallest absolute Gasteiger partial charge is 0.412 e. The predicted molar refractivity (Wildman–Crippen MR) is 158 cm³/mol. The van der Waals surface area contributed by atoms with Crippen molar-refractivity contribution in [1.82, 2.24) is 4.37 Å². The highest BCUT2D eigenvalue weighted by atomic mass is 32.1. The molecule has 0 spiro atoms. The Balaban J connectivity index is 1.31. The van der Waals surface area contributed by atoms with Crippen LogP contribution in [0.15, 0.2) is 78.9 Å². The molecule has 0 radical (unpaired) electrons. The van der Waals surface area contributed by atoms with E-state index in [0.717, 1.165) is 64.1 Å². The van der Waals surface area contributed by atoms with Gasteiger partial charge in [0.2, 0.25) is 0 Å².